The zero-order chi connectivity index (χ0) is 13.1. The van der Waals surface area contributed by atoms with Crippen molar-refractivity contribution < 1.29 is 18.3 Å². The number of carbonyl (C=O) groups is 1. The van der Waals surface area contributed by atoms with Gasteiger partial charge in [-0.15, -0.1) is 0 Å². The summed E-state index contributed by atoms with van der Waals surface area (Å²) in [5.41, 5.74) is 0.210. The fourth-order valence-corrected chi connectivity index (χ4v) is 2.00. The molecule has 0 saturated carbocycles. The molecule has 0 aromatic carbocycles. The first-order valence-electron chi connectivity index (χ1n) is 4.38. The van der Waals surface area contributed by atoms with Crippen molar-refractivity contribution in [3.63, 3.8) is 0 Å². The average Bonchev–Trinajstić information content (AvgIpc) is 2.15. The van der Waals surface area contributed by atoms with Crippen LogP contribution in [-0.2, 0) is 15.0 Å². The van der Waals surface area contributed by atoms with Crippen molar-refractivity contribution in [1.82, 2.24) is 9.29 Å². The number of hydrogen-bond donors (Lipinski definition) is 2. The number of nitrogens with zero attached hydrogens (tertiary/aromatic N) is 2. The van der Waals surface area contributed by atoms with Crippen molar-refractivity contribution in [1.29, 1.82) is 0 Å². The number of aromatic nitrogens is 1. The molecule has 0 aliphatic heterocycles. The van der Waals surface area contributed by atoms with Crippen LogP contribution in [0.5, 0.6) is 0 Å². The summed E-state index contributed by atoms with van der Waals surface area (Å²) in [5.74, 6) is -1.24. The highest BCUT2D eigenvalue weighted by Crippen LogP contribution is 2.14. The summed E-state index contributed by atoms with van der Waals surface area (Å²) in [4.78, 5) is 14.1. The predicted molar refractivity (Wildman–Crippen MR) is 62.1 cm³/mol. The van der Waals surface area contributed by atoms with Gasteiger partial charge in [-0.1, -0.05) is 11.6 Å². The molecule has 1 heterocycles. The molecule has 0 radical (unpaired) electrons. The second-order valence-electron chi connectivity index (χ2n) is 3.12. The van der Waals surface area contributed by atoms with E-state index >= 15 is 0 Å². The Morgan fingerprint density at radius 2 is 2.29 bits per heavy atom. The second kappa shape index (κ2) is 5.30. The van der Waals surface area contributed by atoms with Gasteiger partial charge in [0.15, 0.2) is 0 Å². The van der Waals surface area contributed by atoms with Gasteiger partial charge in [0.25, 0.3) is 0 Å². The number of hydrogen-bond acceptors (Lipinski definition) is 4. The Morgan fingerprint density at radius 1 is 1.65 bits per heavy atom. The Kier molecular flexibility index (Phi) is 4.27. The zero-order valence-corrected chi connectivity index (χ0v) is 10.4. The molecule has 17 heavy (non-hydrogen) atoms. The maximum absolute atomic E-state index is 11.6. The minimum absolute atomic E-state index is 0.131. The first kappa shape index (κ1) is 13.7. The minimum atomic E-state index is -3.91. The fraction of sp³-hybridized carbons (Fsp3) is 0.250. The van der Waals surface area contributed by atoms with Crippen molar-refractivity contribution in [3.8, 4) is 0 Å². The number of anilines is 1. The molecule has 0 aliphatic rings. The van der Waals surface area contributed by atoms with Gasteiger partial charge in [-0.25, -0.2) is 4.98 Å². The van der Waals surface area contributed by atoms with Gasteiger partial charge in [0.05, 0.1) is 5.69 Å². The molecule has 2 N–H and O–H groups in total. The number of likely N-dealkylation sites (N-methyl/N-ethyl adjacent to an activating group) is 1. The Morgan fingerprint density at radius 3 is 2.82 bits per heavy atom. The van der Waals surface area contributed by atoms with Crippen molar-refractivity contribution in [2.24, 2.45) is 0 Å². The molecule has 0 saturated heterocycles. The molecule has 94 valence electrons. The van der Waals surface area contributed by atoms with E-state index in [1.165, 1.54) is 18.3 Å². The lowest BCUT2D eigenvalue weighted by Crippen LogP contribution is -2.36. The standard InChI is InChI=1S/C8H10ClN3O4S/c1-12(5-8(13)14)17(15,16)11-6-2-3-10-7(9)4-6/h2-4H,5H2,1H3,(H,10,11)(H,13,14). The Hall–Kier alpha value is -1.38. The highest BCUT2D eigenvalue weighted by Gasteiger charge is 2.20. The van der Waals surface area contributed by atoms with Gasteiger partial charge >= 0.3 is 16.2 Å². The quantitative estimate of drug-likeness (QED) is 0.761. The topological polar surface area (TPSA) is 99.6 Å². The van der Waals surface area contributed by atoms with Crippen LogP contribution in [0.1, 0.15) is 0 Å². The number of carboxylic acid groups (broad SMARTS) is 1. The van der Waals surface area contributed by atoms with Crippen LogP contribution in [0.4, 0.5) is 5.69 Å². The number of nitrogens with one attached hydrogen (secondary N) is 1. The predicted octanol–water partition coefficient (Wildman–Crippen LogP) is 0.408. The number of halogens is 1. The van der Waals surface area contributed by atoms with Crippen LogP contribution in [0.2, 0.25) is 5.15 Å². The second-order valence-corrected chi connectivity index (χ2v) is 5.29. The van der Waals surface area contributed by atoms with Crippen LogP contribution in [-0.4, -0.2) is 42.4 Å². The molecule has 1 rings (SSSR count). The molecule has 1 aromatic heterocycles. The smallest absolute Gasteiger partial charge is 0.318 e. The Bertz CT molecular complexity index is 519. The molecule has 0 amide bonds. The van der Waals surface area contributed by atoms with Crippen molar-refractivity contribution in [2.75, 3.05) is 18.3 Å². The minimum Gasteiger partial charge on any atom is -0.480 e. The van der Waals surface area contributed by atoms with Gasteiger partial charge in [-0.3, -0.25) is 9.52 Å². The molecule has 0 aliphatic carbocycles. The van der Waals surface area contributed by atoms with Gasteiger partial charge in [0.1, 0.15) is 11.7 Å². The number of pyridine rings is 1. The molecule has 0 unspecified atom stereocenters. The Labute approximate surface area is 103 Å². The lowest BCUT2D eigenvalue weighted by atomic mass is 10.4. The van der Waals surface area contributed by atoms with E-state index in [1.54, 1.807) is 0 Å². The molecule has 0 atom stereocenters. The summed E-state index contributed by atoms with van der Waals surface area (Å²) < 4.78 is 26.1. The number of rotatable bonds is 5. The maximum atomic E-state index is 11.6. The normalized spacial score (nSPS) is 11.5. The van der Waals surface area contributed by atoms with E-state index in [2.05, 4.69) is 9.71 Å². The van der Waals surface area contributed by atoms with Crippen LogP contribution >= 0.6 is 11.6 Å². The molecule has 0 fully saturated rings. The molecule has 1 aromatic rings. The first-order chi connectivity index (χ1) is 7.81. The van der Waals surface area contributed by atoms with Crippen LogP contribution in [0.3, 0.4) is 0 Å². The van der Waals surface area contributed by atoms with Crippen LogP contribution in [0.15, 0.2) is 18.3 Å². The third-order valence-corrected chi connectivity index (χ3v) is 3.39. The van der Waals surface area contributed by atoms with Gasteiger partial charge in [-0.05, 0) is 12.1 Å². The molecular formula is C8H10ClN3O4S. The summed E-state index contributed by atoms with van der Waals surface area (Å²) in [6, 6.07) is 2.71. The summed E-state index contributed by atoms with van der Waals surface area (Å²) in [6.45, 7) is -0.631. The Balaban J connectivity index is 2.83. The van der Waals surface area contributed by atoms with Gasteiger partial charge in [-0.2, -0.15) is 12.7 Å². The third kappa shape index (κ3) is 4.17. The summed E-state index contributed by atoms with van der Waals surface area (Å²) in [7, 11) is -2.76. The molecule has 9 heteroatoms. The van der Waals surface area contributed by atoms with Crippen molar-refractivity contribution in [3.05, 3.63) is 23.5 Å². The van der Waals surface area contributed by atoms with E-state index in [-0.39, 0.29) is 10.8 Å². The molecular weight excluding hydrogens is 270 g/mol. The van der Waals surface area contributed by atoms with Gasteiger partial charge in [0.2, 0.25) is 0 Å². The van der Waals surface area contributed by atoms with Gasteiger partial charge in [0, 0.05) is 13.2 Å². The summed E-state index contributed by atoms with van der Waals surface area (Å²) in [5, 5.41) is 8.62. The number of carboxylic acids is 1. The fourth-order valence-electron chi connectivity index (χ4n) is 0.968. The SMILES string of the molecule is CN(CC(=O)O)S(=O)(=O)Nc1ccnc(Cl)c1. The maximum Gasteiger partial charge on any atom is 0.318 e. The summed E-state index contributed by atoms with van der Waals surface area (Å²) >= 11 is 5.58. The van der Waals surface area contributed by atoms with E-state index in [0.29, 0.717) is 4.31 Å². The van der Waals surface area contributed by atoms with Crippen LogP contribution < -0.4 is 4.72 Å². The largest absolute Gasteiger partial charge is 0.480 e. The molecule has 0 spiro atoms. The van der Waals surface area contributed by atoms with E-state index in [0.717, 1.165) is 7.05 Å². The van der Waals surface area contributed by atoms with E-state index in [1.807, 2.05) is 0 Å². The van der Waals surface area contributed by atoms with Crippen LogP contribution in [0, 0.1) is 0 Å². The van der Waals surface area contributed by atoms with Crippen LogP contribution in [0.25, 0.3) is 0 Å². The zero-order valence-electron chi connectivity index (χ0n) is 8.79. The lowest BCUT2D eigenvalue weighted by Gasteiger charge is -2.16. The van der Waals surface area contributed by atoms with Crippen molar-refractivity contribution in [2.45, 2.75) is 0 Å². The van der Waals surface area contributed by atoms with E-state index in [4.69, 9.17) is 16.7 Å². The lowest BCUT2D eigenvalue weighted by molar-refractivity contribution is -0.137. The summed E-state index contributed by atoms with van der Waals surface area (Å²) in [6.07, 6.45) is 1.33. The van der Waals surface area contributed by atoms with Gasteiger partial charge < -0.3 is 5.11 Å². The average molecular weight is 280 g/mol. The van der Waals surface area contributed by atoms with Crippen molar-refractivity contribution >= 4 is 33.5 Å². The highest BCUT2D eigenvalue weighted by molar-refractivity contribution is 7.90. The van der Waals surface area contributed by atoms with E-state index in [9.17, 15) is 13.2 Å². The van der Waals surface area contributed by atoms with E-state index < -0.39 is 22.7 Å². The third-order valence-electron chi connectivity index (χ3n) is 1.74. The molecule has 7 nitrogen and oxygen atoms in total. The monoisotopic (exact) mass is 279 g/mol. The number of aliphatic carboxylic acids is 1. The highest BCUT2D eigenvalue weighted by atomic mass is 35.5. The molecule has 0 bridgehead atoms. The first-order valence-corrected chi connectivity index (χ1v) is 6.20.